The first-order valence-corrected chi connectivity index (χ1v) is 6.67. The minimum absolute atomic E-state index is 0.0102. The van der Waals surface area contributed by atoms with Crippen molar-refractivity contribution in [3.8, 4) is 6.07 Å². The molecule has 1 N–H and O–H groups in total. The van der Waals surface area contributed by atoms with E-state index in [1.54, 1.807) is 0 Å². The van der Waals surface area contributed by atoms with Crippen LogP contribution in [0.4, 0.5) is 0 Å². The van der Waals surface area contributed by atoms with Gasteiger partial charge in [-0.2, -0.15) is 5.26 Å². The molecule has 1 aliphatic rings. The van der Waals surface area contributed by atoms with Gasteiger partial charge in [0.2, 0.25) is 5.91 Å². The van der Waals surface area contributed by atoms with E-state index in [4.69, 9.17) is 0 Å². The highest BCUT2D eigenvalue weighted by molar-refractivity contribution is 5.77. The molecule has 0 bridgehead atoms. The number of piperidine rings is 1. The van der Waals surface area contributed by atoms with Crippen LogP contribution in [0.1, 0.15) is 46.5 Å². The Morgan fingerprint density at radius 3 is 2.39 bits per heavy atom. The fraction of sp³-hybridized carbons (Fsp3) is 0.857. The number of likely N-dealkylation sites (tertiary alicyclic amines) is 1. The van der Waals surface area contributed by atoms with E-state index in [2.05, 4.69) is 37.1 Å². The normalized spacial score (nSPS) is 20.2. The van der Waals surface area contributed by atoms with E-state index in [0.717, 1.165) is 32.4 Å². The molecular weight excluding hydrogens is 226 g/mol. The van der Waals surface area contributed by atoms with Crippen LogP contribution >= 0.6 is 0 Å². The molecule has 0 radical (unpaired) electrons. The third kappa shape index (κ3) is 4.66. The number of carbonyl (C=O) groups is 1. The van der Waals surface area contributed by atoms with Crippen molar-refractivity contribution in [2.75, 3.05) is 20.1 Å². The molecule has 4 nitrogen and oxygen atoms in total. The molecule has 1 aliphatic heterocycles. The summed E-state index contributed by atoms with van der Waals surface area (Å²) in [6, 6.07) is 2.31. The number of nitriles is 1. The van der Waals surface area contributed by atoms with Crippen molar-refractivity contribution < 1.29 is 4.79 Å². The molecule has 0 aromatic heterocycles. The number of nitrogens with zero attached hydrogens (tertiary/aromatic N) is 2. The second kappa shape index (κ2) is 5.71. The molecule has 0 spiro atoms. The lowest BCUT2D eigenvalue weighted by atomic mass is 9.87. The first-order chi connectivity index (χ1) is 8.26. The van der Waals surface area contributed by atoms with E-state index in [1.807, 2.05) is 7.05 Å². The maximum atomic E-state index is 11.9. The van der Waals surface area contributed by atoms with Crippen molar-refractivity contribution in [3.05, 3.63) is 0 Å². The lowest BCUT2D eigenvalue weighted by molar-refractivity contribution is -0.123. The molecule has 1 heterocycles. The van der Waals surface area contributed by atoms with Gasteiger partial charge in [-0.3, -0.25) is 4.79 Å². The van der Waals surface area contributed by atoms with Gasteiger partial charge in [-0.1, -0.05) is 20.8 Å². The van der Waals surface area contributed by atoms with Crippen LogP contribution in [0.5, 0.6) is 0 Å². The van der Waals surface area contributed by atoms with Gasteiger partial charge in [-0.15, -0.1) is 0 Å². The van der Waals surface area contributed by atoms with Crippen LogP contribution in [-0.2, 0) is 4.79 Å². The maximum Gasteiger partial charge on any atom is 0.221 e. The average Bonchev–Trinajstić information content (AvgIpc) is 2.29. The van der Waals surface area contributed by atoms with Gasteiger partial charge in [0.1, 0.15) is 5.54 Å². The summed E-state index contributed by atoms with van der Waals surface area (Å²) in [7, 11) is 2.04. The molecule has 102 valence electrons. The first-order valence-electron chi connectivity index (χ1n) is 6.67. The van der Waals surface area contributed by atoms with Gasteiger partial charge in [-0.25, -0.2) is 0 Å². The highest BCUT2D eigenvalue weighted by Gasteiger charge is 2.35. The molecule has 1 fully saturated rings. The van der Waals surface area contributed by atoms with Crippen molar-refractivity contribution in [1.82, 2.24) is 10.2 Å². The van der Waals surface area contributed by atoms with Crippen molar-refractivity contribution in [3.63, 3.8) is 0 Å². The quantitative estimate of drug-likeness (QED) is 0.833. The Morgan fingerprint density at radius 2 is 1.94 bits per heavy atom. The van der Waals surface area contributed by atoms with Gasteiger partial charge >= 0.3 is 0 Å². The van der Waals surface area contributed by atoms with E-state index >= 15 is 0 Å². The van der Waals surface area contributed by atoms with Crippen LogP contribution in [0.2, 0.25) is 0 Å². The molecule has 1 saturated heterocycles. The van der Waals surface area contributed by atoms with Crippen molar-refractivity contribution >= 4 is 5.91 Å². The van der Waals surface area contributed by atoms with E-state index in [9.17, 15) is 10.1 Å². The zero-order chi connectivity index (χ0) is 13.8. The molecule has 0 saturated carbocycles. The summed E-state index contributed by atoms with van der Waals surface area (Å²) in [6.45, 7) is 8.10. The third-order valence-corrected chi connectivity index (χ3v) is 3.54. The highest BCUT2D eigenvalue weighted by atomic mass is 16.1. The summed E-state index contributed by atoms with van der Waals surface area (Å²) in [5, 5.41) is 12.3. The van der Waals surface area contributed by atoms with E-state index in [-0.39, 0.29) is 11.3 Å². The van der Waals surface area contributed by atoms with Crippen molar-refractivity contribution in [2.45, 2.75) is 52.0 Å². The Morgan fingerprint density at radius 1 is 1.39 bits per heavy atom. The number of hydrogen-bond acceptors (Lipinski definition) is 3. The lowest BCUT2D eigenvalue weighted by Gasteiger charge is -2.36. The second-order valence-electron chi connectivity index (χ2n) is 6.61. The summed E-state index contributed by atoms with van der Waals surface area (Å²) in [5.41, 5.74) is -0.481. The fourth-order valence-corrected chi connectivity index (χ4v) is 2.08. The minimum Gasteiger partial charge on any atom is -0.338 e. The average molecular weight is 251 g/mol. The molecule has 1 rings (SSSR count). The standard InChI is InChI=1S/C14H25N3O/c1-13(2,3)6-5-12(18)16-14(11-15)7-9-17(4)10-8-14/h5-10H2,1-4H3,(H,16,18). The van der Waals surface area contributed by atoms with Crippen LogP contribution < -0.4 is 5.32 Å². The number of amides is 1. The number of rotatable bonds is 3. The first kappa shape index (κ1) is 15.0. The lowest BCUT2D eigenvalue weighted by Crippen LogP contribution is -2.53. The van der Waals surface area contributed by atoms with Gasteiger partial charge in [0.05, 0.1) is 6.07 Å². The SMILES string of the molecule is CN1CCC(C#N)(NC(=O)CCC(C)(C)C)CC1. The van der Waals surface area contributed by atoms with Crippen LogP contribution in [0.25, 0.3) is 0 Å². The molecule has 0 unspecified atom stereocenters. The summed E-state index contributed by atoms with van der Waals surface area (Å²) in [5.74, 6) is 0.0102. The Bertz CT molecular complexity index is 330. The summed E-state index contributed by atoms with van der Waals surface area (Å²) in [6.07, 6.45) is 2.80. The predicted molar refractivity (Wildman–Crippen MR) is 71.9 cm³/mol. The Balaban J connectivity index is 2.49. The maximum absolute atomic E-state index is 11.9. The van der Waals surface area contributed by atoms with Gasteiger partial charge < -0.3 is 10.2 Å². The number of nitrogens with one attached hydrogen (secondary N) is 1. The van der Waals surface area contributed by atoms with E-state index in [0.29, 0.717) is 6.42 Å². The largest absolute Gasteiger partial charge is 0.338 e. The monoisotopic (exact) mass is 251 g/mol. The minimum atomic E-state index is -0.637. The van der Waals surface area contributed by atoms with Gasteiger partial charge in [0, 0.05) is 19.5 Å². The molecule has 18 heavy (non-hydrogen) atoms. The summed E-state index contributed by atoms with van der Waals surface area (Å²) >= 11 is 0. The van der Waals surface area contributed by atoms with E-state index < -0.39 is 5.54 Å². The topological polar surface area (TPSA) is 56.1 Å². The Kier molecular flexibility index (Phi) is 4.75. The van der Waals surface area contributed by atoms with Crippen LogP contribution in [-0.4, -0.2) is 36.5 Å². The molecule has 1 amide bonds. The van der Waals surface area contributed by atoms with Gasteiger partial charge in [0.15, 0.2) is 0 Å². The van der Waals surface area contributed by atoms with Gasteiger partial charge in [0.25, 0.3) is 0 Å². The zero-order valence-corrected chi connectivity index (χ0v) is 12.0. The molecule has 4 heteroatoms. The van der Waals surface area contributed by atoms with Crippen LogP contribution in [0.3, 0.4) is 0 Å². The Hall–Kier alpha value is -1.08. The van der Waals surface area contributed by atoms with Crippen LogP contribution in [0, 0.1) is 16.7 Å². The molecule has 0 aromatic carbocycles. The number of hydrogen-bond donors (Lipinski definition) is 1. The van der Waals surface area contributed by atoms with Crippen molar-refractivity contribution in [1.29, 1.82) is 5.26 Å². The highest BCUT2D eigenvalue weighted by Crippen LogP contribution is 2.23. The fourth-order valence-electron chi connectivity index (χ4n) is 2.08. The smallest absolute Gasteiger partial charge is 0.221 e. The number of carbonyl (C=O) groups excluding carboxylic acids is 1. The zero-order valence-electron chi connectivity index (χ0n) is 12.0. The molecule has 0 aliphatic carbocycles. The Labute approximate surface area is 110 Å². The molecule has 0 atom stereocenters. The van der Waals surface area contributed by atoms with Crippen molar-refractivity contribution in [2.24, 2.45) is 5.41 Å². The summed E-state index contributed by atoms with van der Waals surface area (Å²) < 4.78 is 0. The summed E-state index contributed by atoms with van der Waals surface area (Å²) in [4.78, 5) is 14.1. The molecule has 0 aromatic rings. The molecular formula is C14H25N3O. The van der Waals surface area contributed by atoms with E-state index in [1.165, 1.54) is 0 Å². The third-order valence-electron chi connectivity index (χ3n) is 3.54. The van der Waals surface area contributed by atoms with Gasteiger partial charge in [-0.05, 0) is 31.7 Å². The van der Waals surface area contributed by atoms with Crippen LogP contribution in [0.15, 0.2) is 0 Å². The predicted octanol–water partition coefficient (Wildman–Crippen LogP) is 1.92. The second-order valence-corrected chi connectivity index (χ2v) is 6.61.